The minimum Gasteiger partial charge on any atom is -0.494 e. The largest absolute Gasteiger partial charge is 0.494 e. The SMILES string of the molecule is CCOc1ccc(S(=O)(=O)N(CC(=O)Nc2ccc(S(=O)(=O)N(CC)CC)cc2)c2ccccc2)cc1. The number of carbonyl (C=O) groups excluding carboxylic acids is 1. The van der Waals surface area contributed by atoms with Crippen LogP contribution in [0.15, 0.2) is 88.7 Å². The van der Waals surface area contributed by atoms with E-state index < -0.39 is 32.5 Å². The molecule has 1 N–H and O–H groups in total. The van der Waals surface area contributed by atoms with Crippen LogP contribution >= 0.6 is 0 Å². The molecule has 0 saturated heterocycles. The first-order valence-electron chi connectivity index (χ1n) is 11.8. The predicted molar refractivity (Wildman–Crippen MR) is 144 cm³/mol. The Bertz CT molecular complexity index is 1390. The number of carbonyl (C=O) groups is 1. The summed E-state index contributed by atoms with van der Waals surface area (Å²) in [6.07, 6.45) is 0. The summed E-state index contributed by atoms with van der Waals surface area (Å²) in [6.45, 7) is 6.00. The fourth-order valence-corrected chi connectivity index (χ4v) is 6.54. The highest BCUT2D eigenvalue weighted by molar-refractivity contribution is 7.92. The van der Waals surface area contributed by atoms with Crippen molar-refractivity contribution in [2.45, 2.75) is 30.6 Å². The van der Waals surface area contributed by atoms with Crippen LogP contribution < -0.4 is 14.4 Å². The summed E-state index contributed by atoms with van der Waals surface area (Å²) in [4.78, 5) is 13.1. The van der Waals surface area contributed by atoms with E-state index in [0.29, 0.717) is 36.8 Å². The Morgan fingerprint density at radius 1 is 0.757 bits per heavy atom. The molecule has 9 nitrogen and oxygen atoms in total. The molecule has 0 atom stereocenters. The van der Waals surface area contributed by atoms with E-state index in [9.17, 15) is 21.6 Å². The second-order valence-corrected chi connectivity index (χ2v) is 11.7. The molecule has 0 fully saturated rings. The summed E-state index contributed by atoms with van der Waals surface area (Å²) in [5.41, 5.74) is 0.669. The standard InChI is InChI=1S/C26H31N3O6S2/c1-4-28(5-2)36(31,32)24-16-12-21(13-17-24)27-26(30)20-29(22-10-8-7-9-11-22)37(33,34)25-18-14-23(15-19-25)35-6-3/h7-19H,4-6,20H2,1-3H3,(H,27,30). The number of benzene rings is 3. The normalized spacial score (nSPS) is 11.8. The first-order chi connectivity index (χ1) is 17.6. The van der Waals surface area contributed by atoms with Crippen LogP contribution in [0.25, 0.3) is 0 Å². The van der Waals surface area contributed by atoms with E-state index in [0.717, 1.165) is 4.31 Å². The number of anilines is 2. The molecule has 37 heavy (non-hydrogen) atoms. The summed E-state index contributed by atoms with van der Waals surface area (Å²) in [5, 5.41) is 2.65. The van der Waals surface area contributed by atoms with Gasteiger partial charge in [0.25, 0.3) is 10.0 Å². The molecule has 3 rings (SSSR count). The van der Waals surface area contributed by atoms with Gasteiger partial charge in [-0.25, -0.2) is 16.8 Å². The molecule has 1 amide bonds. The van der Waals surface area contributed by atoms with Crippen LogP contribution in [0.5, 0.6) is 5.75 Å². The molecule has 198 valence electrons. The number of hydrogen-bond donors (Lipinski definition) is 1. The zero-order valence-electron chi connectivity index (χ0n) is 21.0. The maximum Gasteiger partial charge on any atom is 0.264 e. The van der Waals surface area contributed by atoms with E-state index in [1.54, 1.807) is 56.3 Å². The lowest BCUT2D eigenvalue weighted by Crippen LogP contribution is -2.38. The monoisotopic (exact) mass is 545 g/mol. The maximum absolute atomic E-state index is 13.5. The molecule has 0 aliphatic rings. The molecule has 0 aliphatic carbocycles. The molecule has 11 heteroatoms. The lowest BCUT2D eigenvalue weighted by atomic mass is 10.3. The van der Waals surface area contributed by atoms with Crippen LogP contribution in [0.4, 0.5) is 11.4 Å². The fourth-order valence-electron chi connectivity index (χ4n) is 3.66. The number of nitrogens with one attached hydrogen (secondary N) is 1. The van der Waals surface area contributed by atoms with Crippen molar-refractivity contribution in [1.29, 1.82) is 0 Å². The Hall–Kier alpha value is -3.41. The topological polar surface area (TPSA) is 113 Å². The number of ether oxygens (including phenoxy) is 1. The molecule has 0 aromatic heterocycles. The van der Waals surface area contributed by atoms with Crippen molar-refractivity contribution in [3.63, 3.8) is 0 Å². The molecule has 0 unspecified atom stereocenters. The van der Waals surface area contributed by atoms with Crippen molar-refractivity contribution in [3.05, 3.63) is 78.9 Å². The van der Waals surface area contributed by atoms with E-state index in [1.165, 1.54) is 40.7 Å². The van der Waals surface area contributed by atoms with Gasteiger partial charge in [-0.1, -0.05) is 32.0 Å². The summed E-state index contributed by atoms with van der Waals surface area (Å²) in [5.74, 6) is -0.0466. The smallest absolute Gasteiger partial charge is 0.264 e. The van der Waals surface area contributed by atoms with E-state index in [2.05, 4.69) is 5.32 Å². The van der Waals surface area contributed by atoms with Gasteiger partial charge in [-0.3, -0.25) is 9.10 Å². The molecule has 0 spiro atoms. The average Bonchev–Trinajstić information content (AvgIpc) is 2.89. The average molecular weight is 546 g/mol. The fraction of sp³-hybridized carbons (Fsp3) is 0.269. The number of para-hydroxylation sites is 1. The van der Waals surface area contributed by atoms with E-state index >= 15 is 0 Å². The third-order valence-corrected chi connectivity index (χ3v) is 9.39. The number of sulfonamides is 2. The van der Waals surface area contributed by atoms with E-state index in [-0.39, 0.29) is 9.79 Å². The first-order valence-corrected chi connectivity index (χ1v) is 14.7. The lowest BCUT2D eigenvalue weighted by Gasteiger charge is -2.24. The van der Waals surface area contributed by atoms with Gasteiger partial charge in [-0.15, -0.1) is 0 Å². The van der Waals surface area contributed by atoms with Crippen LogP contribution in [0, 0.1) is 0 Å². The third-order valence-electron chi connectivity index (χ3n) is 5.54. The van der Waals surface area contributed by atoms with Crippen molar-refractivity contribution < 1.29 is 26.4 Å². The minimum absolute atomic E-state index is 0.0126. The zero-order chi connectivity index (χ0) is 27.1. The molecular weight excluding hydrogens is 514 g/mol. The van der Waals surface area contributed by atoms with Crippen molar-refractivity contribution in [3.8, 4) is 5.75 Å². The first kappa shape index (κ1) is 28.2. The lowest BCUT2D eigenvalue weighted by molar-refractivity contribution is -0.114. The van der Waals surface area contributed by atoms with Crippen molar-refractivity contribution >= 4 is 37.3 Å². The molecule has 0 aliphatic heterocycles. The van der Waals surface area contributed by atoms with Crippen LogP contribution in [0.1, 0.15) is 20.8 Å². The maximum atomic E-state index is 13.5. The molecule has 0 radical (unpaired) electrons. The number of amides is 1. The Morgan fingerprint density at radius 3 is 1.84 bits per heavy atom. The van der Waals surface area contributed by atoms with Crippen LogP contribution in [-0.4, -0.2) is 53.3 Å². The Labute approximate surface area is 218 Å². The highest BCUT2D eigenvalue weighted by Gasteiger charge is 2.27. The number of hydrogen-bond acceptors (Lipinski definition) is 6. The van der Waals surface area contributed by atoms with Crippen molar-refractivity contribution in [1.82, 2.24) is 4.31 Å². The quantitative estimate of drug-likeness (QED) is 0.369. The predicted octanol–water partition coefficient (Wildman–Crippen LogP) is 3.95. The molecular formula is C26H31N3O6S2. The van der Waals surface area contributed by atoms with Gasteiger partial charge in [0.05, 0.1) is 22.1 Å². The van der Waals surface area contributed by atoms with E-state index in [1.807, 2.05) is 6.92 Å². The molecule has 3 aromatic carbocycles. The van der Waals surface area contributed by atoms with Gasteiger partial charge in [-0.05, 0) is 67.6 Å². The Kier molecular flexibility index (Phi) is 9.30. The van der Waals surface area contributed by atoms with Crippen LogP contribution in [0.2, 0.25) is 0 Å². The summed E-state index contributed by atoms with van der Waals surface area (Å²) in [6, 6.07) is 20.1. The molecule has 0 heterocycles. The minimum atomic E-state index is -4.08. The Morgan fingerprint density at radius 2 is 1.30 bits per heavy atom. The molecule has 0 saturated carbocycles. The molecule has 3 aromatic rings. The van der Waals surface area contributed by atoms with Crippen molar-refractivity contribution in [2.24, 2.45) is 0 Å². The second-order valence-electron chi connectivity index (χ2n) is 7.91. The van der Waals surface area contributed by atoms with Crippen LogP contribution in [0.3, 0.4) is 0 Å². The summed E-state index contributed by atoms with van der Waals surface area (Å²) < 4.78 is 60.1. The van der Waals surface area contributed by atoms with Gasteiger partial charge in [0.15, 0.2) is 0 Å². The zero-order valence-corrected chi connectivity index (χ0v) is 22.6. The third kappa shape index (κ3) is 6.68. The van der Waals surface area contributed by atoms with Crippen LogP contribution in [-0.2, 0) is 24.8 Å². The number of nitrogens with zero attached hydrogens (tertiary/aromatic N) is 2. The highest BCUT2D eigenvalue weighted by atomic mass is 32.2. The van der Waals surface area contributed by atoms with E-state index in [4.69, 9.17) is 4.74 Å². The summed E-state index contributed by atoms with van der Waals surface area (Å²) in [7, 11) is -7.72. The van der Waals surface area contributed by atoms with Crippen molar-refractivity contribution in [2.75, 3.05) is 35.9 Å². The Balaban J connectivity index is 1.83. The van der Waals surface area contributed by atoms with Gasteiger partial charge < -0.3 is 10.1 Å². The van der Waals surface area contributed by atoms with Gasteiger partial charge in [0.2, 0.25) is 15.9 Å². The van der Waals surface area contributed by atoms with Gasteiger partial charge in [-0.2, -0.15) is 4.31 Å². The van der Waals surface area contributed by atoms with Gasteiger partial charge in [0, 0.05) is 18.8 Å². The molecule has 0 bridgehead atoms. The number of rotatable bonds is 12. The van der Waals surface area contributed by atoms with Gasteiger partial charge in [0.1, 0.15) is 12.3 Å². The second kappa shape index (κ2) is 12.2. The summed E-state index contributed by atoms with van der Waals surface area (Å²) >= 11 is 0. The highest BCUT2D eigenvalue weighted by Crippen LogP contribution is 2.25. The van der Waals surface area contributed by atoms with Gasteiger partial charge >= 0.3 is 0 Å².